The van der Waals surface area contributed by atoms with E-state index in [1.54, 1.807) is 18.2 Å². The van der Waals surface area contributed by atoms with Gasteiger partial charge in [0.25, 0.3) is 0 Å². The van der Waals surface area contributed by atoms with Crippen molar-refractivity contribution in [1.29, 1.82) is 0 Å². The highest BCUT2D eigenvalue weighted by Gasteiger charge is 2.18. The predicted molar refractivity (Wildman–Crippen MR) is 110 cm³/mol. The van der Waals surface area contributed by atoms with Crippen LogP contribution in [0, 0.1) is 5.92 Å². The average Bonchev–Trinajstić information content (AvgIpc) is 3.05. The Morgan fingerprint density at radius 3 is 2.74 bits per heavy atom. The Hall–Kier alpha value is -2.60. The van der Waals surface area contributed by atoms with Crippen LogP contribution < -0.4 is 4.90 Å². The molecule has 0 aliphatic heterocycles. The van der Waals surface area contributed by atoms with Gasteiger partial charge >= 0.3 is 0 Å². The molecule has 3 aromatic rings. The fraction of sp³-hybridized carbons (Fsp3) is 0.350. The van der Waals surface area contributed by atoms with E-state index >= 15 is 0 Å². The number of carbonyl (C=O) groups excluding carboxylic acids is 1. The quantitative estimate of drug-likeness (QED) is 0.700. The summed E-state index contributed by atoms with van der Waals surface area (Å²) >= 11 is 6.17. The van der Waals surface area contributed by atoms with E-state index in [-0.39, 0.29) is 5.91 Å². The lowest BCUT2D eigenvalue weighted by Crippen LogP contribution is -2.34. The minimum Gasteiger partial charge on any atom is -0.359 e. The Kier molecular flexibility index (Phi) is 5.65. The molecule has 1 aromatic carbocycles. The molecule has 1 amide bonds. The molecule has 1 N–H and O–H groups in total. The van der Waals surface area contributed by atoms with Gasteiger partial charge in [0.15, 0.2) is 0 Å². The largest absolute Gasteiger partial charge is 0.359 e. The molecular weight excluding hydrogens is 362 g/mol. The van der Waals surface area contributed by atoms with Gasteiger partial charge in [0.2, 0.25) is 5.91 Å². The first-order valence-corrected chi connectivity index (χ1v) is 9.25. The number of benzene rings is 1. The van der Waals surface area contributed by atoms with Gasteiger partial charge in [-0.15, -0.1) is 0 Å². The summed E-state index contributed by atoms with van der Waals surface area (Å²) in [4.78, 5) is 27.5. The molecule has 0 aliphatic rings. The molecule has 0 bridgehead atoms. The zero-order valence-electron chi connectivity index (χ0n) is 16.0. The fourth-order valence-electron chi connectivity index (χ4n) is 3.33. The second-order valence-corrected chi connectivity index (χ2v) is 7.46. The van der Waals surface area contributed by atoms with Crippen molar-refractivity contribution >= 4 is 34.4 Å². The maximum Gasteiger partial charge on any atom is 0.219 e. The number of carbonyl (C=O) groups is 1. The Morgan fingerprint density at radius 1 is 1.26 bits per heavy atom. The predicted octanol–water partition coefficient (Wildman–Crippen LogP) is 3.83. The van der Waals surface area contributed by atoms with Crippen molar-refractivity contribution in [2.75, 3.05) is 32.1 Å². The topological polar surface area (TPSA) is 65.1 Å². The van der Waals surface area contributed by atoms with Crippen LogP contribution in [0.2, 0.25) is 5.02 Å². The van der Waals surface area contributed by atoms with E-state index in [1.807, 2.05) is 44.6 Å². The lowest BCUT2D eigenvalue weighted by molar-refractivity contribution is -0.128. The number of nitrogens with one attached hydrogen (secondary N) is 1. The van der Waals surface area contributed by atoms with Crippen LogP contribution in [0.3, 0.4) is 0 Å². The first-order chi connectivity index (χ1) is 12.9. The third-order valence-corrected chi connectivity index (χ3v) is 4.89. The molecule has 0 saturated heterocycles. The first kappa shape index (κ1) is 19.2. The number of aromatic amines is 1. The molecule has 2 heterocycles. The highest BCUT2D eigenvalue weighted by Crippen LogP contribution is 2.34. The summed E-state index contributed by atoms with van der Waals surface area (Å²) in [5.74, 6) is 1.22. The maximum absolute atomic E-state index is 11.5. The molecule has 142 valence electrons. The minimum atomic E-state index is 0.0720. The molecule has 3 rings (SSSR count). The summed E-state index contributed by atoms with van der Waals surface area (Å²) < 4.78 is 0. The number of rotatable bonds is 6. The standard InChI is InChI=1S/C20H24ClN5O/c1-13(10-25(3)14(2)27)11-26(4)20-18-17(9-22-19(18)23-12-24-20)15-6-5-7-16(21)8-15/h5-9,12-13H,10-11H2,1-4H3,(H,22,23,24). The number of aromatic nitrogens is 3. The summed E-state index contributed by atoms with van der Waals surface area (Å²) in [5, 5.41) is 1.66. The van der Waals surface area contributed by atoms with E-state index in [1.165, 1.54) is 0 Å². The van der Waals surface area contributed by atoms with E-state index in [0.29, 0.717) is 17.5 Å². The molecule has 0 saturated carbocycles. The van der Waals surface area contributed by atoms with E-state index in [4.69, 9.17) is 11.6 Å². The Bertz CT molecular complexity index is 954. The highest BCUT2D eigenvalue weighted by molar-refractivity contribution is 6.31. The zero-order valence-corrected chi connectivity index (χ0v) is 16.8. The number of hydrogen-bond acceptors (Lipinski definition) is 4. The Balaban J connectivity index is 1.92. The Labute approximate surface area is 164 Å². The van der Waals surface area contributed by atoms with Gasteiger partial charge < -0.3 is 14.8 Å². The number of anilines is 1. The summed E-state index contributed by atoms with van der Waals surface area (Å²) in [6.07, 6.45) is 3.51. The monoisotopic (exact) mass is 385 g/mol. The summed E-state index contributed by atoms with van der Waals surface area (Å²) in [7, 11) is 3.84. The van der Waals surface area contributed by atoms with Gasteiger partial charge in [-0.25, -0.2) is 9.97 Å². The van der Waals surface area contributed by atoms with Crippen molar-refractivity contribution in [3.8, 4) is 11.1 Å². The lowest BCUT2D eigenvalue weighted by Gasteiger charge is -2.26. The van der Waals surface area contributed by atoms with Crippen LogP contribution in [0.5, 0.6) is 0 Å². The molecule has 0 spiro atoms. The minimum absolute atomic E-state index is 0.0720. The van der Waals surface area contributed by atoms with E-state index < -0.39 is 0 Å². The molecule has 0 radical (unpaired) electrons. The number of nitrogens with zero attached hydrogens (tertiary/aromatic N) is 4. The second kappa shape index (κ2) is 7.96. The fourth-order valence-corrected chi connectivity index (χ4v) is 3.52. The number of fused-ring (bicyclic) bond motifs is 1. The molecule has 0 fully saturated rings. The summed E-state index contributed by atoms with van der Waals surface area (Å²) in [6.45, 7) is 5.18. The molecule has 6 nitrogen and oxygen atoms in total. The van der Waals surface area contributed by atoms with Crippen molar-refractivity contribution in [3.63, 3.8) is 0 Å². The molecule has 2 aromatic heterocycles. The maximum atomic E-state index is 11.5. The number of hydrogen-bond donors (Lipinski definition) is 1. The molecule has 1 unspecified atom stereocenters. The van der Waals surface area contributed by atoms with Crippen LogP contribution in [-0.4, -0.2) is 52.9 Å². The van der Waals surface area contributed by atoms with Crippen LogP contribution in [0.4, 0.5) is 5.82 Å². The van der Waals surface area contributed by atoms with Crippen molar-refractivity contribution < 1.29 is 4.79 Å². The van der Waals surface area contributed by atoms with Gasteiger partial charge in [-0.3, -0.25) is 4.79 Å². The van der Waals surface area contributed by atoms with E-state index in [9.17, 15) is 4.79 Å². The smallest absolute Gasteiger partial charge is 0.219 e. The van der Waals surface area contributed by atoms with Crippen molar-refractivity contribution in [2.24, 2.45) is 5.92 Å². The second-order valence-electron chi connectivity index (χ2n) is 7.02. The van der Waals surface area contributed by atoms with Gasteiger partial charge in [-0.05, 0) is 23.6 Å². The molecule has 7 heteroatoms. The van der Waals surface area contributed by atoms with E-state index in [2.05, 4.69) is 26.8 Å². The number of amides is 1. The highest BCUT2D eigenvalue weighted by atomic mass is 35.5. The van der Waals surface area contributed by atoms with Crippen LogP contribution in [0.25, 0.3) is 22.2 Å². The zero-order chi connectivity index (χ0) is 19.6. The van der Waals surface area contributed by atoms with E-state index in [0.717, 1.165) is 34.5 Å². The number of halogens is 1. The van der Waals surface area contributed by atoms with Crippen LogP contribution in [0.1, 0.15) is 13.8 Å². The molecular formula is C20H24ClN5O. The van der Waals surface area contributed by atoms with Crippen molar-refractivity contribution in [3.05, 3.63) is 41.8 Å². The number of H-pyrrole nitrogens is 1. The first-order valence-electron chi connectivity index (χ1n) is 8.87. The summed E-state index contributed by atoms with van der Waals surface area (Å²) in [6, 6.07) is 7.75. The van der Waals surface area contributed by atoms with Crippen molar-refractivity contribution in [2.45, 2.75) is 13.8 Å². The van der Waals surface area contributed by atoms with Gasteiger partial charge in [0.1, 0.15) is 17.8 Å². The SMILES string of the molecule is CC(=O)N(C)CC(C)CN(C)c1ncnc2[nH]cc(-c3cccc(Cl)c3)c12. The lowest BCUT2D eigenvalue weighted by atomic mass is 10.1. The van der Waals surface area contributed by atoms with Gasteiger partial charge in [0, 0.05) is 50.9 Å². The van der Waals surface area contributed by atoms with Crippen LogP contribution in [-0.2, 0) is 4.79 Å². The third kappa shape index (κ3) is 4.22. The Morgan fingerprint density at radius 2 is 2.04 bits per heavy atom. The molecule has 1 atom stereocenters. The van der Waals surface area contributed by atoms with Gasteiger partial charge in [-0.2, -0.15) is 0 Å². The molecule has 27 heavy (non-hydrogen) atoms. The van der Waals surface area contributed by atoms with Gasteiger partial charge in [0.05, 0.1) is 5.39 Å². The average molecular weight is 386 g/mol. The van der Waals surface area contributed by atoms with Crippen LogP contribution >= 0.6 is 11.6 Å². The van der Waals surface area contributed by atoms with Crippen LogP contribution in [0.15, 0.2) is 36.8 Å². The summed E-state index contributed by atoms with van der Waals surface area (Å²) in [5.41, 5.74) is 2.82. The normalized spacial score (nSPS) is 12.2. The van der Waals surface area contributed by atoms with Crippen molar-refractivity contribution in [1.82, 2.24) is 19.9 Å². The third-order valence-electron chi connectivity index (χ3n) is 4.66. The van der Waals surface area contributed by atoms with Gasteiger partial charge in [-0.1, -0.05) is 30.7 Å². The molecule has 0 aliphatic carbocycles.